The van der Waals surface area contributed by atoms with Crippen molar-refractivity contribution in [1.82, 2.24) is 19.5 Å². The van der Waals surface area contributed by atoms with E-state index in [0.717, 1.165) is 44.2 Å². The maximum atomic E-state index is 5.13. The Balaban J connectivity index is 1.22. The third-order valence-corrected chi connectivity index (χ3v) is 10.8. The molecule has 1 aliphatic rings. The van der Waals surface area contributed by atoms with Crippen LogP contribution in [0.25, 0.3) is 106 Å². The Morgan fingerprint density at radius 2 is 0.782 bits per heavy atom. The molecule has 10 aromatic rings. The van der Waals surface area contributed by atoms with E-state index in [9.17, 15) is 0 Å². The summed E-state index contributed by atoms with van der Waals surface area (Å²) in [5, 5.41) is 3.43. The first-order valence-corrected chi connectivity index (χ1v) is 18.6. The van der Waals surface area contributed by atoms with Crippen LogP contribution in [0.2, 0.25) is 0 Å². The van der Waals surface area contributed by atoms with Crippen LogP contribution in [0, 0.1) is 0 Å². The van der Waals surface area contributed by atoms with Gasteiger partial charge in [-0.15, -0.1) is 0 Å². The predicted molar refractivity (Wildman–Crippen MR) is 226 cm³/mol. The van der Waals surface area contributed by atoms with E-state index in [2.05, 4.69) is 162 Å². The Bertz CT molecular complexity index is 3020. The SMILES string of the molecule is c1ccc(-c2nc(-c3ccccc3)nc(-c3ccc(-n4c(-c5ccccc5)c5c6c(cccc64)-c4ccccc4-c4ccccc4-5)c4ccccc34)n2)cc1. The molecule has 0 spiro atoms. The molecule has 55 heavy (non-hydrogen) atoms. The van der Waals surface area contributed by atoms with Crippen LogP contribution in [0.1, 0.15) is 0 Å². The van der Waals surface area contributed by atoms with Crippen LogP contribution in [0.5, 0.6) is 0 Å². The average Bonchev–Trinajstić information content (AvgIpc) is 3.55. The van der Waals surface area contributed by atoms with Crippen LogP contribution in [0.3, 0.4) is 0 Å². The van der Waals surface area contributed by atoms with Gasteiger partial charge < -0.3 is 4.57 Å². The summed E-state index contributed by atoms with van der Waals surface area (Å²) in [4.78, 5) is 15.2. The maximum absolute atomic E-state index is 5.13. The molecule has 4 heteroatoms. The predicted octanol–water partition coefficient (Wildman–Crippen LogP) is 13.0. The lowest BCUT2D eigenvalue weighted by Gasteiger charge is -2.18. The summed E-state index contributed by atoms with van der Waals surface area (Å²) < 4.78 is 2.48. The topological polar surface area (TPSA) is 43.6 Å². The van der Waals surface area contributed by atoms with E-state index in [4.69, 9.17) is 15.0 Å². The standard InChI is InChI=1S/C51H32N4/c1-4-17-33(18-5-1)48-47-42-28-15-13-25-38(42)36-23-10-11-24-37(36)41-29-16-30-45(46(41)47)55(48)44-32-31-43(39-26-12-14-27-40(39)44)51-53-49(34-19-6-2-7-20-34)52-50(54-51)35-21-8-3-9-22-35/h1-32H. The molecule has 0 aliphatic heterocycles. The molecule has 0 unspecified atom stereocenters. The van der Waals surface area contributed by atoms with Crippen molar-refractivity contribution in [3.05, 3.63) is 194 Å². The second-order valence-corrected chi connectivity index (χ2v) is 13.9. The number of nitrogens with zero attached hydrogens (tertiary/aromatic N) is 4. The molecular weight excluding hydrogens is 669 g/mol. The number of aromatic nitrogens is 4. The third kappa shape index (κ3) is 4.96. The zero-order valence-corrected chi connectivity index (χ0v) is 29.8. The first-order chi connectivity index (χ1) is 27.3. The first-order valence-electron chi connectivity index (χ1n) is 18.6. The molecule has 0 fully saturated rings. The summed E-state index contributed by atoms with van der Waals surface area (Å²) in [5.41, 5.74) is 14.9. The van der Waals surface area contributed by atoms with E-state index in [1.165, 1.54) is 44.5 Å². The Labute approximate surface area is 318 Å². The van der Waals surface area contributed by atoms with Crippen LogP contribution in [0.4, 0.5) is 0 Å². The minimum atomic E-state index is 0.638. The van der Waals surface area contributed by atoms with E-state index in [1.807, 2.05) is 36.4 Å². The monoisotopic (exact) mass is 700 g/mol. The van der Waals surface area contributed by atoms with Crippen LogP contribution >= 0.6 is 0 Å². The highest BCUT2D eigenvalue weighted by Crippen LogP contribution is 2.53. The molecule has 1 aliphatic carbocycles. The van der Waals surface area contributed by atoms with Gasteiger partial charge in [-0.2, -0.15) is 0 Å². The molecule has 0 atom stereocenters. The molecule has 11 rings (SSSR count). The fourth-order valence-electron chi connectivity index (χ4n) is 8.44. The first kappa shape index (κ1) is 31.1. The van der Waals surface area contributed by atoms with Gasteiger partial charge in [0.25, 0.3) is 0 Å². The highest BCUT2D eigenvalue weighted by molar-refractivity contribution is 6.18. The molecule has 4 nitrogen and oxygen atoms in total. The van der Waals surface area contributed by atoms with Crippen molar-refractivity contribution in [2.75, 3.05) is 0 Å². The fourth-order valence-corrected chi connectivity index (χ4v) is 8.44. The van der Waals surface area contributed by atoms with Crippen LogP contribution in [-0.4, -0.2) is 19.5 Å². The van der Waals surface area contributed by atoms with Gasteiger partial charge in [-0.05, 0) is 57.0 Å². The Kier molecular flexibility index (Phi) is 7.14. The van der Waals surface area contributed by atoms with Crippen LogP contribution in [-0.2, 0) is 0 Å². The molecule has 0 saturated heterocycles. The Hall–Kier alpha value is -7.43. The second kappa shape index (κ2) is 12.6. The van der Waals surface area contributed by atoms with Crippen molar-refractivity contribution in [3.8, 4) is 84.5 Å². The number of fused-ring (bicyclic) bond motifs is 6. The van der Waals surface area contributed by atoms with E-state index in [1.54, 1.807) is 0 Å². The van der Waals surface area contributed by atoms with Crippen molar-refractivity contribution in [2.24, 2.45) is 0 Å². The Morgan fingerprint density at radius 1 is 0.309 bits per heavy atom. The number of hydrogen-bond donors (Lipinski definition) is 0. The van der Waals surface area contributed by atoms with Gasteiger partial charge in [0.2, 0.25) is 0 Å². The average molecular weight is 701 g/mol. The van der Waals surface area contributed by atoms with Crippen molar-refractivity contribution in [2.45, 2.75) is 0 Å². The zero-order chi connectivity index (χ0) is 36.3. The molecule has 0 N–H and O–H groups in total. The van der Waals surface area contributed by atoms with Crippen molar-refractivity contribution < 1.29 is 0 Å². The van der Waals surface area contributed by atoms with Gasteiger partial charge in [0, 0.05) is 33.0 Å². The molecule has 0 bridgehead atoms. The maximum Gasteiger partial charge on any atom is 0.164 e. The largest absolute Gasteiger partial charge is 0.308 e. The smallest absolute Gasteiger partial charge is 0.164 e. The van der Waals surface area contributed by atoms with Gasteiger partial charge in [0.15, 0.2) is 17.5 Å². The summed E-state index contributed by atoms with van der Waals surface area (Å²) in [6.45, 7) is 0. The summed E-state index contributed by atoms with van der Waals surface area (Å²) in [6, 6.07) is 68.7. The lowest BCUT2D eigenvalue weighted by Crippen LogP contribution is -2.02. The minimum absolute atomic E-state index is 0.638. The summed E-state index contributed by atoms with van der Waals surface area (Å²) in [5.74, 6) is 1.93. The van der Waals surface area contributed by atoms with E-state index in [0.29, 0.717) is 17.5 Å². The molecular formula is C51H32N4. The van der Waals surface area contributed by atoms with Crippen LogP contribution < -0.4 is 0 Å². The quantitative estimate of drug-likeness (QED) is 0.179. The van der Waals surface area contributed by atoms with Gasteiger partial charge in [0.1, 0.15) is 0 Å². The lowest BCUT2D eigenvalue weighted by atomic mass is 9.92. The van der Waals surface area contributed by atoms with Gasteiger partial charge in [-0.3, -0.25) is 0 Å². The van der Waals surface area contributed by atoms with Crippen molar-refractivity contribution >= 4 is 21.7 Å². The van der Waals surface area contributed by atoms with E-state index < -0.39 is 0 Å². The molecule has 8 aromatic carbocycles. The van der Waals surface area contributed by atoms with Gasteiger partial charge in [-0.1, -0.05) is 176 Å². The third-order valence-electron chi connectivity index (χ3n) is 10.8. The molecule has 2 heterocycles. The summed E-state index contributed by atoms with van der Waals surface area (Å²) in [7, 11) is 0. The number of rotatable bonds is 5. The highest BCUT2D eigenvalue weighted by atomic mass is 15.0. The number of benzene rings is 8. The lowest BCUT2D eigenvalue weighted by molar-refractivity contribution is 1.08. The fraction of sp³-hybridized carbons (Fsp3) is 0. The normalized spacial score (nSPS) is 11.6. The van der Waals surface area contributed by atoms with E-state index in [-0.39, 0.29) is 0 Å². The molecule has 0 radical (unpaired) electrons. The molecule has 0 saturated carbocycles. The van der Waals surface area contributed by atoms with Gasteiger partial charge >= 0.3 is 0 Å². The minimum Gasteiger partial charge on any atom is -0.308 e. The summed E-state index contributed by atoms with van der Waals surface area (Å²) in [6.07, 6.45) is 0. The Morgan fingerprint density at radius 3 is 1.42 bits per heavy atom. The van der Waals surface area contributed by atoms with Crippen molar-refractivity contribution in [3.63, 3.8) is 0 Å². The van der Waals surface area contributed by atoms with E-state index >= 15 is 0 Å². The summed E-state index contributed by atoms with van der Waals surface area (Å²) >= 11 is 0. The zero-order valence-electron chi connectivity index (χ0n) is 29.8. The van der Waals surface area contributed by atoms with Gasteiger partial charge in [-0.25, -0.2) is 15.0 Å². The highest BCUT2D eigenvalue weighted by Gasteiger charge is 2.29. The molecule has 0 amide bonds. The second-order valence-electron chi connectivity index (χ2n) is 13.9. The van der Waals surface area contributed by atoms with Crippen molar-refractivity contribution in [1.29, 1.82) is 0 Å². The molecule has 256 valence electrons. The molecule has 2 aromatic heterocycles. The van der Waals surface area contributed by atoms with Crippen LogP contribution in [0.15, 0.2) is 194 Å². The van der Waals surface area contributed by atoms with Gasteiger partial charge in [0.05, 0.1) is 16.9 Å². The number of hydrogen-bond acceptors (Lipinski definition) is 3.